The van der Waals surface area contributed by atoms with Crippen LogP contribution in [0.15, 0.2) is 24.3 Å². The predicted molar refractivity (Wildman–Crippen MR) is 73.5 cm³/mol. The minimum atomic E-state index is 0.0325. The van der Waals surface area contributed by atoms with E-state index in [1.165, 1.54) is 5.56 Å². The van der Waals surface area contributed by atoms with Crippen molar-refractivity contribution in [2.45, 2.75) is 25.8 Å². The highest BCUT2D eigenvalue weighted by atomic mass is 16.2. The Labute approximate surface area is 108 Å². The van der Waals surface area contributed by atoms with Crippen molar-refractivity contribution < 1.29 is 4.79 Å². The van der Waals surface area contributed by atoms with Gasteiger partial charge in [0.25, 0.3) is 0 Å². The molecule has 1 aliphatic rings. The van der Waals surface area contributed by atoms with Crippen LogP contribution in [0.4, 0.5) is 5.69 Å². The van der Waals surface area contributed by atoms with Crippen molar-refractivity contribution in [2.75, 3.05) is 25.0 Å². The lowest BCUT2D eigenvalue weighted by molar-refractivity contribution is -0.118. The molecule has 18 heavy (non-hydrogen) atoms. The number of aryl methyl sites for hydroxylation is 1. The molecule has 0 saturated carbocycles. The molecule has 1 aromatic carbocycles. The molecule has 1 amide bonds. The van der Waals surface area contributed by atoms with E-state index in [9.17, 15) is 4.79 Å². The molecule has 0 aromatic heterocycles. The normalized spacial score (nSPS) is 16.3. The standard InChI is InChI=1S/C14H21N3O/c1-2-3-11-4-6-13(7-5-11)16-14(18)10-17-8-12(15)9-17/h4-7,12H,2-3,8-10,15H2,1H3,(H,16,18). The molecule has 1 aliphatic heterocycles. The highest BCUT2D eigenvalue weighted by Gasteiger charge is 2.24. The SMILES string of the molecule is CCCc1ccc(NC(=O)CN2CC(N)C2)cc1. The summed E-state index contributed by atoms with van der Waals surface area (Å²) in [6.07, 6.45) is 2.22. The van der Waals surface area contributed by atoms with E-state index >= 15 is 0 Å². The van der Waals surface area contributed by atoms with Crippen LogP contribution in [0, 0.1) is 0 Å². The first kappa shape index (κ1) is 13.1. The first-order chi connectivity index (χ1) is 8.67. The molecule has 4 heteroatoms. The molecule has 1 heterocycles. The summed E-state index contributed by atoms with van der Waals surface area (Å²) >= 11 is 0. The fourth-order valence-corrected chi connectivity index (χ4v) is 2.19. The van der Waals surface area contributed by atoms with Crippen LogP contribution >= 0.6 is 0 Å². The average molecular weight is 247 g/mol. The number of likely N-dealkylation sites (tertiary alicyclic amines) is 1. The van der Waals surface area contributed by atoms with Crippen LogP contribution in [0.3, 0.4) is 0 Å². The minimum absolute atomic E-state index is 0.0325. The number of nitrogens with zero attached hydrogens (tertiary/aromatic N) is 1. The van der Waals surface area contributed by atoms with E-state index in [1.54, 1.807) is 0 Å². The van der Waals surface area contributed by atoms with Gasteiger partial charge in [-0.15, -0.1) is 0 Å². The number of amides is 1. The van der Waals surface area contributed by atoms with Crippen LogP contribution in [-0.2, 0) is 11.2 Å². The molecule has 2 rings (SSSR count). The topological polar surface area (TPSA) is 58.4 Å². The van der Waals surface area contributed by atoms with E-state index in [4.69, 9.17) is 5.73 Å². The highest BCUT2D eigenvalue weighted by molar-refractivity contribution is 5.92. The van der Waals surface area contributed by atoms with Crippen molar-refractivity contribution >= 4 is 11.6 Å². The zero-order chi connectivity index (χ0) is 13.0. The van der Waals surface area contributed by atoms with Gasteiger partial charge in [0.15, 0.2) is 0 Å². The van der Waals surface area contributed by atoms with Crippen LogP contribution in [0.2, 0.25) is 0 Å². The van der Waals surface area contributed by atoms with Gasteiger partial charge in [0.2, 0.25) is 5.91 Å². The number of carbonyl (C=O) groups excluding carboxylic acids is 1. The Balaban J connectivity index is 1.79. The second-order valence-corrected chi connectivity index (χ2v) is 4.95. The molecular weight excluding hydrogens is 226 g/mol. The summed E-state index contributed by atoms with van der Waals surface area (Å²) in [4.78, 5) is 13.8. The Morgan fingerprint density at radius 2 is 2.06 bits per heavy atom. The van der Waals surface area contributed by atoms with Crippen molar-refractivity contribution in [1.29, 1.82) is 0 Å². The Bertz CT molecular complexity index is 396. The molecule has 1 fully saturated rings. The van der Waals surface area contributed by atoms with Crippen molar-refractivity contribution in [3.63, 3.8) is 0 Å². The van der Waals surface area contributed by atoms with Crippen molar-refractivity contribution in [1.82, 2.24) is 4.90 Å². The van der Waals surface area contributed by atoms with Gasteiger partial charge in [0, 0.05) is 24.8 Å². The van der Waals surface area contributed by atoms with Crippen LogP contribution in [-0.4, -0.2) is 36.5 Å². The molecule has 4 nitrogen and oxygen atoms in total. The molecule has 0 spiro atoms. The monoisotopic (exact) mass is 247 g/mol. The lowest BCUT2D eigenvalue weighted by Gasteiger charge is -2.36. The largest absolute Gasteiger partial charge is 0.325 e. The fourth-order valence-electron chi connectivity index (χ4n) is 2.19. The Morgan fingerprint density at radius 3 is 2.61 bits per heavy atom. The lowest BCUT2D eigenvalue weighted by atomic mass is 10.1. The Kier molecular flexibility index (Phi) is 4.33. The molecule has 98 valence electrons. The van der Waals surface area contributed by atoms with E-state index in [-0.39, 0.29) is 11.9 Å². The summed E-state index contributed by atoms with van der Waals surface area (Å²) in [5, 5.41) is 2.90. The Hall–Kier alpha value is -1.39. The third kappa shape index (κ3) is 3.55. The van der Waals surface area contributed by atoms with E-state index in [1.807, 2.05) is 17.0 Å². The first-order valence-corrected chi connectivity index (χ1v) is 6.54. The molecule has 0 unspecified atom stereocenters. The molecule has 3 N–H and O–H groups in total. The van der Waals surface area contributed by atoms with Gasteiger partial charge in [0.1, 0.15) is 0 Å². The maximum Gasteiger partial charge on any atom is 0.238 e. The van der Waals surface area contributed by atoms with Crippen LogP contribution in [0.5, 0.6) is 0 Å². The zero-order valence-electron chi connectivity index (χ0n) is 10.9. The molecule has 0 atom stereocenters. The third-order valence-electron chi connectivity index (χ3n) is 3.13. The van der Waals surface area contributed by atoms with E-state index in [2.05, 4.69) is 24.4 Å². The number of rotatable bonds is 5. The van der Waals surface area contributed by atoms with Gasteiger partial charge in [-0.25, -0.2) is 0 Å². The number of benzene rings is 1. The van der Waals surface area contributed by atoms with Gasteiger partial charge in [-0.2, -0.15) is 0 Å². The molecule has 1 saturated heterocycles. The maximum absolute atomic E-state index is 11.7. The van der Waals surface area contributed by atoms with Crippen molar-refractivity contribution in [3.8, 4) is 0 Å². The molecule has 0 bridgehead atoms. The van der Waals surface area contributed by atoms with Gasteiger partial charge < -0.3 is 11.1 Å². The highest BCUT2D eigenvalue weighted by Crippen LogP contribution is 2.11. The van der Waals surface area contributed by atoms with E-state index in [0.717, 1.165) is 31.6 Å². The number of anilines is 1. The Morgan fingerprint density at radius 1 is 1.39 bits per heavy atom. The lowest BCUT2D eigenvalue weighted by Crippen LogP contribution is -2.57. The van der Waals surface area contributed by atoms with Gasteiger partial charge in [0.05, 0.1) is 6.54 Å². The van der Waals surface area contributed by atoms with Gasteiger partial charge in [-0.3, -0.25) is 9.69 Å². The van der Waals surface area contributed by atoms with Gasteiger partial charge in [-0.05, 0) is 24.1 Å². The average Bonchev–Trinajstić information content (AvgIpc) is 2.30. The van der Waals surface area contributed by atoms with Crippen molar-refractivity contribution in [3.05, 3.63) is 29.8 Å². The van der Waals surface area contributed by atoms with Crippen molar-refractivity contribution in [2.24, 2.45) is 5.73 Å². The predicted octanol–water partition coefficient (Wildman–Crippen LogP) is 1.22. The third-order valence-corrected chi connectivity index (χ3v) is 3.13. The summed E-state index contributed by atoms with van der Waals surface area (Å²) in [7, 11) is 0. The summed E-state index contributed by atoms with van der Waals surface area (Å²) in [6, 6.07) is 8.30. The molecule has 0 aliphatic carbocycles. The van der Waals surface area contributed by atoms with Crippen LogP contribution in [0.25, 0.3) is 0 Å². The zero-order valence-corrected chi connectivity index (χ0v) is 10.9. The number of carbonyl (C=O) groups is 1. The summed E-state index contributed by atoms with van der Waals surface area (Å²) in [6.45, 7) is 4.24. The number of nitrogens with two attached hydrogens (primary N) is 1. The number of hydrogen-bond acceptors (Lipinski definition) is 3. The van der Waals surface area contributed by atoms with E-state index < -0.39 is 0 Å². The smallest absolute Gasteiger partial charge is 0.238 e. The van der Waals surface area contributed by atoms with Gasteiger partial charge >= 0.3 is 0 Å². The quantitative estimate of drug-likeness (QED) is 0.822. The molecular formula is C14H21N3O. The van der Waals surface area contributed by atoms with Gasteiger partial charge in [-0.1, -0.05) is 25.5 Å². The first-order valence-electron chi connectivity index (χ1n) is 6.54. The maximum atomic E-state index is 11.7. The van der Waals surface area contributed by atoms with E-state index in [0.29, 0.717) is 6.54 Å². The second-order valence-electron chi connectivity index (χ2n) is 4.95. The fraction of sp³-hybridized carbons (Fsp3) is 0.500. The minimum Gasteiger partial charge on any atom is -0.325 e. The van der Waals surface area contributed by atoms with Crippen LogP contribution < -0.4 is 11.1 Å². The molecule has 1 aromatic rings. The molecule has 0 radical (unpaired) electrons. The number of nitrogens with one attached hydrogen (secondary N) is 1. The summed E-state index contributed by atoms with van der Waals surface area (Å²) in [5.41, 5.74) is 7.84. The second kappa shape index (κ2) is 5.98. The summed E-state index contributed by atoms with van der Waals surface area (Å²) < 4.78 is 0. The van der Waals surface area contributed by atoms with Crippen LogP contribution in [0.1, 0.15) is 18.9 Å². The number of hydrogen-bond donors (Lipinski definition) is 2. The summed E-state index contributed by atoms with van der Waals surface area (Å²) in [5.74, 6) is 0.0325.